The molecule has 6 heteroatoms. The summed E-state index contributed by atoms with van der Waals surface area (Å²) in [6.45, 7) is 3.91. The number of hydrogen-bond acceptors (Lipinski definition) is 3. The predicted octanol–water partition coefficient (Wildman–Crippen LogP) is 4.51. The molecule has 2 rings (SSSR count). The third-order valence-corrected chi connectivity index (χ3v) is 3.83. The largest absolute Gasteiger partial charge is 0.491 e. The lowest BCUT2D eigenvalue weighted by atomic mass is 10.1. The molecule has 2 aromatic carbocycles. The molecule has 0 aliphatic rings. The minimum atomic E-state index is -0.299. The van der Waals surface area contributed by atoms with Gasteiger partial charge in [-0.2, -0.15) is 0 Å². The van der Waals surface area contributed by atoms with Crippen molar-refractivity contribution in [3.05, 3.63) is 58.6 Å². The molecule has 0 saturated heterocycles. The van der Waals surface area contributed by atoms with E-state index >= 15 is 0 Å². The summed E-state index contributed by atoms with van der Waals surface area (Å²) in [6, 6.07) is 13.1. The van der Waals surface area contributed by atoms with Gasteiger partial charge in [0.05, 0.1) is 12.3 Å². The summed E-state index contributed by atoms with van der Waals surface area (Å²) in [5.41, 5.74) is 2.82. The molecular formula is C20H26ClN3O2. The van der Waals surface area contributed by atoms with E-state index in [2.05, 4.69) is 27.7 Å². The molecule has 0 aromatic heterocycles. The van der Waals surface area contributed by atoms with Crippen LogP contribution in [-0.4, -0.2) is 31.6 Å². The topological polar surface area (TPSA) is 53.6 Å². The molecular weight excluding hydrogens is 350 g/mol. The van der Waals surface area contributed by atoms with Gasteiger partial charge < -0.3 is 20.3 Å². The van der Waals surface area contributed by atoms with Crippen LogP contribution in [0, 0.1) is 0 Å². The number of nitrogens with zero attached hydrogens (tertiary/aromatic N) is 1. The second kappa shape index (κ2) is 10.0. The number of halogens is 1. The molecule has 0 unspecified atom stereocenters. The normalized spacial score (nSPS) is 10.7. The Kier molecular flexibility index (Phi) is 7.75. The van der Waals surface area contributed by atoms with Crippen LogP contribution in [0.2, 0.25) is 5.02 Å². The van der Waals surface area contributed by atoms with Crippen LogP contribution >= 0.6 is 11.6 Å². The average Bonchev–Trinajstić information content (AvgIpc) is 2.59. The van der Waals surface area contributed by atoms with Gasteiger partial charge in [-0.25, -0.2) is 4.79 Å². The number of amides is 2. The first-order valence-electron chi connectivity index (χ1n) is 8.67. The summed E-state index contributed by atoms with van der Waals surface area (Å²) >= 11 is 6.03. The molecule has 2 aromatic rings. The zero-order valence-corrected chi connectivity index (χ0v) is 16.3. The lowest BCUT2D eigenvalue weighted by Crippen LogP contribution is -2.28. The highest BCUT2D eigenvalue weighted by Crippen LogP contribution is 2.28. The highest BCUT2D eigenvalue weighted by atomic mass is 35.5. The second-order valence-electron chi connectivity index (χ2n) is 6.35. The van der Waals surface area contributed by atoms with Gasteiger partial charge in [0.25, 0.3) is 0 Å². The van der Waals surface area contributed by atoms with Gasteiger partial charge in [-0.05, 0) is 49.8 Å². The lowest BCUT2D eigenvalue weighted by molar-refractivity contribution is 0.251. The fraction of sp³-hybridized carbons (Fsp3) is 0.350. The molecule has 0 spiro atoms. The monoisotopic (exact) mass is 375 g/mol. The Bertz CT molecular complexity index is 735. The highest BCUT2D eigenvalue weighted by molar-refractivity contribution is 6.31. The van der Waals surface area contributed by atoms with E-state index in [9.17, 15) is 4.79 Å². The summed E-state index contributed by atoms with van der Waals surface area (Å²) in [4.78, 5) is 14.4. The zero-order valence-electron chi connectivity index (χ0n) is 15.5. The number of nitrogens with one attached hydrogen (secondary N) is 2. The van der Waals surface area contributed by atoms with Crippen LogP contribution in [0.25, 0.3) is 0 Å². The fourth-order valence-corrected chi connectivity index (χ4v) is 2.66. The van der Waals surface area contributed by atoms with E-state index in [4.69, 9.17) is 16.3 Å². The van der Waals surface area contributed by atoms with Crippen molar-refractivity contribution in [2.45, 2.75) is 26.4 Å². The summed E-state index contributed by atoms with van der Waals surface area (Å²) < 4.78 is 5.65. The highest BCUT2D eigenvalue weighted by Gasteiger charge is 2.09. The minimum Gasteiger partial charge on any atom is -0.491 e. The van der Waals surface area contributed by atoms with Gasteiger partial charge in [0.1, 0.15) is 5.75 Å². The number of benzene rings is 2. The smallest absolute Gasteiger partial charge is 0.319 e. The van der Waals surface area contributed by atoms with Crippen LogP contribution in [-0.2, 0) is 13.1 Å². The Balaban J connectivity index is 1.96. The molecule has 2 amide bonds. The van der Waals surface area contributed by atoms with Crippen LogP contribution in [0.4, 0.5) is 10.5 Å². The number of rotatable bonds is 8. The molecule has 0 bridgehead atoms. The van der Waals surface area contributed by atoms with Crippen LogP contribution < -0.4 is 15.4 Å². The lowest BCUT2D eigenvalue weighted by Gasteiger charge is -2.14. The number of urea groups is 1. The van der Waals surface area contributed by atoms with E-state index in [-0.39, 0.29) is 6.03 Å². The van der Waals surface area contributed by atoms with Gasteiger partial charge in [0, 0.05) is 18.1 Å². The third kappa shape index (κ3) is 6.58. The predicted molar refractivity (Wildman–Crippen MR) is 107 cm³/mol. The van der Waals surface area contributed by atoms with Crippen molar-refractivity contribution < 1.29 is 9.53 Å². The number of anilines is 1. The van der Waals surface area contributed by atoms with Crippen molar-refractivity contribution in [2.24, 2.45) is 0 Å². The molecule has 0 heterocycles. The van der Waals surface area contributed by atoms with Gasteiger partial charge in [-0.15, -0.1) is 0 Å². The molecule has 0 aliphatic heterocycles. The molecule has 0 fully saturated rings. The van der Waals surface area contributed by atoms with Crippen molar-refractivity contribution >= 4 is 23.3 Å². The standard InChI is InChI=1S/C20H26ClN3O2/c1-4-10-26-19-9-8-17(21)12-18(19)23-20(25)22-13-15-6-5-7-16(11-15)14-24(2)3/h5-9,11-12H,4,10,13-14H2,1-3H3,(H2,22,23,25). The number of carbonyl (C=O) groups is 1. The summed E-state index contributed by atoms with van der Waals surface area (Å²) in [5, 5.41) is 6.22. The van der Waals surface area contributed by atoms with E-state index < -0.39 is 0 Å². The molecule has 5 nitrogen and oxygen atoms in total. The molecule has 0 radical (unpaired) electrons. The summed E-state index contributed by atoms with van der Waals surface area (Å²) in [6.07, 6.45) is 0.886. The Morgan fingerprint density at radius 1 is 1.15 bits per heavy atom. The van der Waals surface area contributed by atoms with Crippen molar-refractivity contribution in [3.8, 4) is 5.75 Å². The Morgan fingerprint density at radius 3 is 2.65 bits per heavy atom. The zero-order chi connectivity index (χ0) is 18.9. The molecule has 0 atom stereocenters. The van der Waals surface area contributed by atoms with Crippen LogP contribution in [0.5, 0.6) is 5.75 Å². The first-order valence-corrected chi connectivity index (χ1v) is 9.05. The molecule has 2 N–H and O–H groups in total. The van der Waals surface area contributed by atoms with E-state index in [0.29, 0.717) is 29.6 Å². The van der Waals surface area contributed by atoms with Crippen molar-refractivity contribution in [3.63, 3.8) is 0 Å². The van der Waals surface area contributed by atoms with Gasteiger partial charge in [0.2, 0.25) is 0 Å². The van der Waals surface area contributed by atoms with Crippen molar-refractivity contribution in [1.82, 2.24) is 10.2 Å². The summed E-state index contributed by atoms with van der Waals surface area (Å²) in [7, 11) is 4.06. The SMILES string of the molecule is CCCOc1ccc(Cl)cc1NC(=O)NCc1cccc(CN(C)C)c1. The van der Waals surface area contributed by atoms with Gasteiger partial charge in [-0.3, -0.25) is 0 Å². The quantitative estimate of drug-likeness (QED) is 0.713. The summed E-state index contributed by atoms with van der Waals surface area (Å²) in [5.74, 6) is 0.611. The van der Waals surface area contributed by atoms with E-state index in [0.717, 1.165) is 18.5 Å². The minimum absolute atomic E-state index is 0.299. The maximum absolute atomic E-state index is 12.3. The third-order valence-electron chi connectivity index (χ3n) is 3.59. The molecule has 0 aliphatic carbocycles. The first-order chi connectivity index (χ1) is 12.5. The number of hydrogen-bond donors (Lipinski definition) is 2. The van der Waals surface area contributed by atoms with E-state index in [1.807, 2.05) is 33.2 Å². The maximum Gasteiger partial charge on any atom is 0.319 e. The van der Waals surface area contributed by atoms with Gasteiger partial charge >= 0.3 is 6.03 Å². The van der Waals surface area contributed by atoms with Crippen LogP contribution in [0.15, 0.2) is 42.5 Å². The number of carbonyl (C=O) groups excluding carboxylic acids is 1. The van der Waals surface area contributed by atoms with Gasteiger partial charge in [-0.1, -0.05) is 42.8 Å². The van der Waals surface area contributed by atoms with E-state index in [1.165, 1.54) is 5.56 Å². The Hall–Kier alpha value is -2.24. The molecule has 26 heavy (non-hydrogen) atoms. The van der Waals surface area contributed by atoms with Gasteiger partial charge in [0.15, 0.2) is 0 Å². The van der Waals surface area contributed by atoms with Crippen LogP contribution in [0.3, 0.4) is 0 Å². The van der Waals surface area contributed by atoms with Crippen molar-refractivity contribution in [2.75, 3.05) is 26.0 Å². The Morgan fingerprint density at radius 2 is 1.92 bits per heavy atom. The molecule has 0 saturated carbocycles. The fourth-order valence-electron chi connectivity index (χ4n) is 2.49. The second-order valence-corrected chi connectivity index (χ2v) is 6.79. The first kappa shape index (κ1) is 20.1. The molecule has 140 valence electrons. The number of ether oxygens (including phenoxy) is 1. The average molecular weight is 376 g/mol. The Labute approximate surface area is 160 Å². The van der Waals surface area contributed by atoms with Crippen molar-refractivity contribution in [1.29, 1.82) is 0 Å². The van der Waals surface area contributed by atoms with Crippen LogP contribution in [0.1, 0.15) is 24.5 Å². The maximum atomic E-state index is 12.3. The van der Waals surface area contributed by atoms with E-state index in [1.54, 1.807) is 18.2 Å².